The quantitative estimate of drug-likeness (QED) is 0.748. The number of aryl methyl sites for hydroxylation is 1. The van der Waals surface area contributed by atoms with Crippen molar-refractivity contribution >= 4 is 5.91 Å². The van der Waals surface area contributed by atoms with Crippen molar-refractivity contribution in [3.8, 4) is 6.07 Å². The molecule has 0 atom stereocenters. The van der Waals surface area contributed by atoms with Crippen molar-refractivity contribution < 1.29 is 9.18 Å². The molecular formula is C14H15FN2O. The number of halogens is 1. The molecule has 0 unspecified atom stereocenters. The first-order chi connectivity index (χ1) is 8.70. The van der Waals surface area contributed by atoms with Crippen LogP contribution in [0.1, 0.15) is 24.8 Å². The van der Waals surface area contributed by atoms with E-state index in [9.17, 15) is 9.18 Å². The van der Waals surface area contributed by atoms with Crippen molar-refractivity contribution in [3.05, 3.63) is 35.6 Å². The van der Waals surface area contributed by atoms with Gasteiger partial charge in [0.05, 0.1) is 6.07 Å². The molecule has 1 saturated carbocycles. The fraction of sp³-hybridized carbons (Fsp3) is 0.429. The van der Waals surface area contributed by atoms with Gasteiger partial charge in [0.2, 0.25) is 5.91 Å². The number of hydrogen-bond donors (Lipinski definition) is 0. The second-order valence-corrected chi connectivity index (χ2v) is 4.54. The lowest BCUT2D eigenvalue weighted by Crippen LogP contribution is -2.33. The Bertz CT molecular complexity index is 460. The molecule has 18 heavy (non-hydrogen) atoms. The maximum absolute atomic E-state index is 12.7. The molecule has 0 aromatic heterocycles. The number of hydrogen-bond acceptors (Lipinski definition) is 2. The number of benzene rings is 1. The van der Waals surface area contributed by atoms with Gasteiger partial charge < -0.3 is 4.90 Å². The maximum atomic E-state index is 12.7. The summed E-state index contributed by atoms with van der Waals surface area (Å²) in [6.45, 7) is 0.174. The normalized spacial score (nSPS) is 14.0. The second kappa shape index (κ2) is 5.63. The van der Waals surface area contributed by atoms with Crippen LogP contribution in [0.5, 0.6) is 0 Å². The van der Waals surface area contributed by atoms with Gasteiger partial charge >= 0.3 is 0 Å². The van der Waals surface area contributed by atoms with Gasteiger partial charge in [-0.05, 0) is 37.0 Å². The highest BCUT2D eigenvalue weighted by molar-refractivity contribution is 5.77. The maximum Gasteiger partial charge on any atom is 0.224 e. The Morgan fingerprint density at radius 2 is 2.06 bits per heavy atom. The molecule has 4 heteroatoms. The molecule has 0 heterocycles. The van der Waals surface area contributed by atoms with Crippen molar-refractivity contribution in [1.29, 1.82) is 5.26 Å². The minimum absolute atomic E-state index is 0.0170. The van der Waals surface area contributed by atoms with E-state index in [0.717, 1.165) is 18.4 Å². The second-order valence-electron chi connectivity index (χ2n) is 4.54. The molecule has 1 fully saturated rings. The smallest absolute Gasteiger partial charge is 0.224 e. The third kappa shape index (κ3) is 3.30. The number of nitrogens with zero attached hydrogens (tertiary/aromatic N) is 2. The Labute approximate surface area is 106 Å². The van der Waals surface area contributed by atoms with Gasteiger partial charge in [-0.25, -0.2) is 4.39 Å². The summed E-state index contributed by atoms with van der Waals surface area (Å²) < 4.78 is 12.7. The van der Waals surface area contributed by atoms with E-state index in [1.54, 1.807) is 17.0 Å². The van der Waals surface area contributed by atoms with Crippen molar-refractivity contribution in [3.63, 3.8) is 0 Å². The zero-order chi connectivity index (χ0) is 13.0. The van der Waals surface area contributed by atoms with Crippen LogP contribution in [-0.2, 0) is 11.2 Å². The van der Waals surface area contributed by atoms with E-state index in [1.807, 2.05) is 6.07 Å². The molecule has 1 aromatic rings. The number of amides is 1. The topological polar surface area (TPSA) is 44.1 Å². The third-order valence-electron chi connectivity index (χ3n) is 3.09. The number of rotatable bonds is 5. The molecule has 0 saturated heterocycles. The van der Waals surface area contributed by atoms with Crippen LogP contribution in [0.2, 0.25) is 0 Å². The molecule has 2 rings (SSSR count). The first-order valence-electron chi connectivity index (χ1n) is 6.11. The predicted molar refractivity (Wildman–Crippen MR) is 65.1 cm³/mol. The van der Waals surface area contributed by atoms with Gasteiger partial charge in [0.25, 0.3) is 0 Å². The van der Waals surface area contributed by atoms with E-state index in [1.165, 1.54) is 12.1 Å². The molecule has 1 aliphatic carbocycles. The van der Waals surface area contributed by atoms with Crippen LogP contribution < -0.4 is 0 Å². The van der Waals surface area contributed by atoms with Crippen molar-refractivity contribution in [2.45, 2.75) is 31.7 Å². The number of nitriles is 1. The predicted octanol–water partition coefficient (Wildman–Crippen LogP) is 2.27. The highest BCUT2D eigenvalue weighted by atomic mass is 19.1. The van der Waals surface area contributed by atoms with Crippen LogP contribution in [0, 0.1) is 17.1 Å². The van der Waals surface area contributed by atoms with E-state index in [-0.39, 0.29) is 24.3 Å². The third-order valence-corrected chi connectivity index (χ3v) is 3.09. The van der Waals surface area contributed by atoms with Crippen LogP contribution in [-0.4, -0.2) is 23.4 Å². The largest absolute Gasteiger partial charge is 0.326 e. The fourth-order valence-electron chi connectivity index (χ4n) is 1.93. The van der Waals surface area contributed by atoms with Gasteiger partial charge in [-0.2, -0.15) is 5.26 Å². The Balaban J connectivity index is 1.87. The summed E-state index contributed by atoms with van der Waals surface area (Å²) in [6, 6.07) is 8.47. The summed E-state index contributed by atoms with van der Waals surface area (Å²) in [5.74, 6) is -0.252. The summed E-state index contributed by atoms with van der Waals surface area (Å²) >= 11 is 0. The van der Waals surface area contributed by atoms with Gasteiger partial charge in [0.1, 0.15) is 12.4 Å². The van der Waals surface area contributed by atoms with Crippen molar-refractivity contribution in [2.24, 2.45) is 0 Å². The van der Waals surface area contributed by atoms with Crippen LogP contribution in [0.4, 0.5) is 4.39 Å². The van der Waals surface area contributed by atoms with Gasteiger partial charge in [-0.3, -0.25) is 4.79 Å². The van der Waals surface area contributed by atoms with Gasteiger partial charge in [0, 0.05) is 12.5 Å². The molecule has 0 spiro atoms. The van der Waals surface area contributed by atoms with E-state index < -0.39 is 0 Å². The minimum Gasteiger partial charge on any atom is -0.326 e. The fourth-order valence-corrected chi connectivity index (χ4v) is 1.93. The van der Waals surface area contributed by atoms with Crippen LogP contribution >= 0.6 is 0 Å². The molecule has 1 aliphatic rings. The lowest BCUT2D eigenvalue weighted by atomic mass is 10.1. The van der Waals surface area contributed by atoms with E-state index >= 15 is 0 Å². The van der Waals surface area contributed by atoms with Crippen molar-refractivity contribution in [2.75, 3.05) is 6.54 Å². The highest BCUT2D eigenvalue weighted by Crippen LogP contribution is 2.27. The molecular weight excluding hydrogens is 231 g/mol. The van der Waals surface area contributed by atoms with Crippen LogP contribution in [0.3, 0.4) is 0 Å². The van der Waals surface area contributed by atoms with Crippen LogP contribution in [0.15, 0.2) is 24.3 Å². The molecule has 3 nitrogen and oxygen atoms in total. The van der Waals surface area contributed by atoms with Gasteiger partial charge in [-0.1, -0.05) is 12.1 Å². The number of carbonyl (C=O) groups is 1. The monoisotopic (exact) mass is 246 g/mol. The molecule has 0 aliphatic heterocycles. The molecule has 94 valence electrons. The SMILES string of the molecule is N#CCN(C(=O)CCc1ccc(F)cc1)C1CC1. The van der Waals surface area contributed by atoms with Crippen LogP contribution in [0.25, 0.3) is 0 Å². The Morgan fingerprint density at radius 3 is 2.61 bits per heavy atom. The molecule has 0 N–H and O–H groups in total. The summed E-state index contributed by atoms with van der Waals surface area (Å²) in [7, 11) is 0. The Kier molecular flexibility index (Phi) is 3.93. The van der Waals surface area contributed by atoms with Crippen molar-refractivity contribution in [1.82, 2.24) is 4.90 Å². The average Bonchev–Trinajstić information content (AvgIpc) is 3.19. The molecule has 1 amide bonds. The summed E-state index contributed by atoms with van der Waals surface area (Å²) in [5.41, 5.74) is 0.942. The lowest BCUT2D eigenvalue weighted by Gasteiger charge is -2.18. The molecule has 0 radical (unpaired) electrons. The zero-order valence-corrected chi connectivity index (χ0v) is 10.1. The zero-order valence-electron chi connectivity index (χ0n) is 10.1. The summed E-state index contributed by atoms with van der Waals surface area (Å²) in [5, 5.41) is 8.69. The van der Waals surface area contributed by atoms with E-state index in [2.05, 4.69) is 0 Å². The molecule has 1 aromatic carbocycles. The standard InChI is InChI=1S/C14H15FN2O/c15-12-4-1-11(2-5-12)3-8-14(18)17(10-9-16)13-6-7-13/h1-2,4-5,13H,3,6-8,10H2. The highest BCUT2D eigenvalue weighted by Gasteiger charge is 2.31. The van der Waals surface area contributed by atoms with E-state index in [4.69, 9.17) is 5.26 Å². The lowest BCUT2D eigenvalue weighted by molar-refractivity contribution is -0.131. The summed E-state index contributed by atoms with van der Waals surface area (Å²) in [6.07, 6.45) is 2.98. The van der Waals surface area contributed by atoms with Gasteiger partial charge in [-0.15, -0.1) is 0 Å². The number of carbonyl (C=O) groups excluding carboxylic acids is 1. The first kappa shape index (κ1) is 12.6. The van der Waals surface area contributed by atoms with E-state index in [0.29, 0.717) is 12.8 Å². The Morgan fingerprint density at radius 1 is 1.39 bits per heavy atom. The van der Waals surface area contributed by atoms with Gasteiger partial charge in [0.15, 0.2) is 0 Å². The average molecular weight is 246 g/mol. The first-order valence-corrected chi connectivity index (χ1v) is 6.11. The summed E-state index contributed by atoms with van der Waals surface area (Å²) in [4.78, 5) is 13.6. The Hall–Kier alpha value is -1.89. The minimum atomic E-state index is -0.269. The molecule has 0 bridgehead atoms.